The molecule has 1 saturated heterocycles. The zero-order chi connectivity index (χ0) is 12.5. The fraction of sp³-hybridized carbons (Fsp3) is 0.846. The molecule has 4 heteroatoms. The first kappa shape index (κ1) is 12.7. The number of carbonyl (C=O) groups excluding carboxylic acids is 2. The fourth-order valence-electron chi connectivity index (χ4n) is 2.92. The smallest absolute Gasteiger partial charge is 0.180 e. The van der Waals surface area contributed by atoms with Crippen LogP contribution in [0.3, 0.4) is 0 Å². The Kier molecular flexibility index (Phi) is 3.36. The van der Waals surface area contributed by atoms with Crippen molar-refractivity contribution in [1.82, 2.24) is 0 Å². The molecule has 17 heavy (non-hydrogen) atoms. The number of Topliss-reactive ketones (excluding diaryl/α,β-unsaturated/α-hetero) is 2. The molecule has 1 atom stereocenters. The zero-order valence-electron chi connectivity index (χ0n) is 10.6. The number of hydrogen-bond donors (Lipinski definition) is 0. The van der Waals surface area contributed by atoms with Crippen LogP contribution in [0.5, 0.6) is 0 Å². The normalized spacial score (nSPS) is 32.0. The van der Waals surface area contributed by atoms with Crippen LogP contribution in [0.1, 0.15) is 46.0 Å². The number of rotatable bonds is 3. The zero-order valence-corrected chi connectivity index (χ0v) is 10.6. The number of ether oxygens (including phenoxy) is 2. The molecule has 2 fully saturated rings. The highest BCUT2D eigenvalue weighted by Gasteiger charge is 2.58. The molecule has 1 aliphatic heterocycles. The molecule has 0 N–H and O–H groups in total. The maximum Gasteiger partial charge on any atom is 0.180 e. The van der Waals surface area contributed by atoms with Gasteiger partial charge in [0.2, 0.25) is 0 Å². The molecular formula is C13H20O4. The van der Waals surface area contributed by atoms with E-state index >= 15 is 0 Å². The molecule has 2 aliphatic rings. The van der Waals surface area contributed by atoms with E-state index in [1.54, 1.807) is 6.92 Å². The first-order valence-corrected chi connectivity index (χ1v) is 6.31. The van der Waals surface area contributed by atoms with Crippen molar-refractivity contribution < 1.29 is 19.1 Å². The van der Waals surface area contributed by atoms with Crippen LogP contribution in [0.4, 0.5) is 0 Å². The summed E-state index contributed by atoms with van der Waals surface area (Å²) in [4.78, 5) is 23.4. The lowest BCUT2D eigenvalue weighted by molar-refractivity contribution is -0.242. The van der Waals surface area contributed by atoms with Gasteiger partial charge in [0.1, 0.15) is 11.6 Å². The summed E-state index contributed by atoms with van der Waals surface area (Å²) in [7, 11) is 0. The first-order chi connectivity index (χ1) is 8.00. The number of ketones is 2. The van der Waals surface area contributed by atoms with Crippen LogP contribution in [-0.4, -0.2) is 30.6 Å². The Balaban J connectivity index is 2.23. The van der Waals surface area contributed by atoms with Crippen molar-refractivity contribution in [3.8, 4) is 0 Å². The summed E-state index contributed by atoms with van der Waals surface area (Å²) < 4.78 is 11.5. The van der Waals surface area contributed by atoms with Crippen LogP contribution in [0.15, 0.2) is 0 Å². The van der Waals surface area contributed by atoms with Crippen LogP contribution in [0.25, 0.3) is 0 Å². The maximum absolute atomic E-state index is 12.2. The van der Waals surface area contributed by atoms with Crippen molar-refractivity contribution >= 4 is 11.6 Å². The summed E-state index contributed by atoms with van der Waals surface area (Å²) in [5.41, 5.74) is -0.659. The molecule has 1 heterocycles. The van der Waals surface area contributed by atoms with Crippen LogP contribution < -0.4 is 0 Å². The minimum absolute atomic E-state index is 0.109. The lowest BCUT2D eigenvalue weighted by Crippen LogP contribution is -2.55. The summed E-state index contributed by atoms with van der Waals surface area (Å²) in [5, 5.41) is 0. The van der Waals surface area contributed by atoms with Gasteiger partial charge in [-0.05, 0) is 26.7 Å². The minimum atomic E-state index is -0.766. The van der Waals surface area contributed by atoms with E-state index in [-0.39, 0.29) is 11.6 Å². The highest BCUT2D eigenvalue weighted by Crippen LogP contribution is 2.49. The van der Waals surface area contributed by atoms with Crippen LogP contribution in [-0.2, 0) is 19.1 Å². The van der Waals surface area contributed by atoms with Gasteiger partial charge in [-0.15, -0.1) is 0 Å². The van der Waals surface area contributed by atoms with Crippen molar-refractivity contribution in [3.63, 3.8) is 0 Å². The van der Waals surface area contributed by atoms with Crippen LogP contribution in [0.2, 0.25) is 0 Å². The molecule has 2 rings (SSSR count). The van der Waals surface area contributed by atoms with E-state index in [1.807, 2.05) is 6.92 Å². The fourth-order valence-corrected chi connectivity index (χ4v) is 2.92. The van der Waals surface area contributed by atoms with Gasteiger partial charge in [0.15, 0.2) is 5.79 Å². The summed E-state index contributed by atoms with van der Waals surface area (Å²) in [6.07, 6.45) is 3.09. The van der Waals surface area contributed by atoms with Crippen molar-refractivity contribution in [1.29, 1.82) is 0 Å². The van der Waals surface area contributed by atoms with Crippen molar-refractivity contribution in [2.75, 3.05) is 13.2 Å². The molecule has 0 aromatic rings. The largest absolute Gasteiger partial charge is 0.347 e. The van der Waals surface area contributed by atoms with Crippen molar-refractivity contribution in [2.45, 2.75) is 51.7 Å². The summed E-state index contributed by atoms with van der Waals surface area (Å²) in [6.45, 7) is 4.54. The molecule has 0 aromatic heterocycles. The SMILES string of the molecule is CC(=O)CCC1(C)C(=O)CCCC12OCCO2. The van der Waals surface area contributed by atoms with E-state index in [0.29, 0.717) is 32.5 Å². The molecular weight excluding hydrogens is 220 g/mol. The first-order valence-electron chi connectivity index (χ1n) is 6.31. The average Bonchev–Trinajstić information content (AvgIpc) is 2.74. The van der Waals surface area contributed by atoms with Gasteiger partial charge in [-0.2, -0.15) is 0 Å². The topological polar surface area (TPSA) is 52.6 Å². The van der Waals surface area contributed by atoms with Crippen LogP contribution >= 0.6 is 0 Å². The molecule has 1 aliphatic carbocycles. The Morgan fingerprint density at radius 1 is 1.35 bits per heavy atom. The summed E-state index contributed by atoms with van der Waals surface area (Å²) in [5.74, 6) is -0.484. The van der Waals surface area contributed by atoms with E-state index in [4.69, 9.17) is 9.47 Å². The molecule has 1 spiro atoms. The molecule has 0 amide bonds. The van der Waals surface area contributed by atoms with E-state index in [2.05, 4.69) is 0 Å². The van der Waals surface area contributed by atoms with Gasteiger partial charge in [-0.3, -0.25) is 4.79 Å². The predicted octanol–water partition coefficient (Wildman–Crippen LogP) is 1.86. The second kappa shape index (κ2) is 4.50. The Morgan fingerprint density at radius 3 is 2.59 bits per heavy atom. The molecule has 0 aromatic carbocycles. The lowest BCUT2D eigenvalue weighted by Gasteiger charge is -2.46. The maximum atomic E-state index is 12.2. The van der Waals surface area contributed by atoms with Gasteiger partial charge in [0.05, 0.1) is 18.6 Å². The van der Waals surface area contributed by atoms with Gasteiger partial charge in [0.25, 0.3) is 0 Å². The molecule has 1 saturated carbocycles. The third kappa shape index (κ3) is 2.04. The van der Waals surface area contributed by atoms with Crippen molar-refractivity contribution in [3.05, 3.63) is 0 Å². The van der Waals surface area contributed by atoms with Crippen molar-refractivity contribution in [2.24, 2.45) is 5.41 Å². The van der Waals surface area contributed by atoms with E-state index in [0.717, 1.165) is 12.8 Å². The summed E-state index contributed by atoms with van der Waals surface area (Å²) in [6, 6.07) is 0. The monoisotopic (exact) mass is 240 g/mol. The molecule has 0 radical (unpaired) electrons. The molecule has 0 bridgehead atoms. The molecule has 4 nitrogen and oxygen atoms in total. The van der Waals surface area contributed by atoms with Gasteiger partial charge >= 0.3 is 0 Å². The van der Waals surface area contributed by atoms with E-state index < -0.39 is 11.2 Å². The Hall–Kier alpha value is -0.740. The number of hydrogen-bond acceptors (Lipinski definition) is 4. The highest BCUT2D eigenvalue weighted by molar-refractivity contribution is 5.87. The Bertz CT molecular complexity index is 330. The second-order valence-corrected chi connectivity index (χ2v) is 5.26. The summed E-state index contributed by atoms with van der Waals surface area (Å²) >= 11 is 0. The van der Waals surface area contributed by atoms with Gasteiger partial charge in [-0.25, -0.2) is 0 Å². The average molecular weight is 240 g/mol. The minimum Gasteiger partial charge on any atom is -0.347 e. The molecule has 1 unspecified atom stereocenters. The third-order valence-electron chi connectivity index (χ3n) is 4.10. The van der Waals surface area contributed by atoms with Gasteiger partial charge in [-0.1, -0.05) is 0 Å². The van der Waals surface area contributed by atoms with Gasteiger partial charge < -0.3 is 14.3 Å². The third-order valence-corrected chi connectivity index (χ3v) is 4.10. The standard InChI is InChI=1S/C13H20O4/c1-10(14)5-7-12(2)11(15)4-3-6-13(12)16-8-9-17-13/h3-9H2,1-2H3. The van der Waals surface area contributed by atoms with E-state index in [9.17, 15) is 9.59 Å². The Labute approximate surface area is 102 Å². The lowest BCUT2D eigenvalue weighted by atomic mass is 9.66. The highest BCUT2D eigenvalue weighted by atomic mass is 16.7. The quantitative estimate of drug-likeness (QED) is 0.755. The second-order valence-electron chi connectivity index (χ2n) is 5.26. The van der Waals surface area contributed by atoms with Gasteiger partial charge in [0, 0.05) is 19.3 Å². The van der Waals surface area contributed by atoms with Crippen LogP contribution in [0, 0.1) is 5.41 Å². The predicted molar refractivity (Wildman–Crippen MR) is 61.5 cm³/mol. The molecule has 96 valence electrons. The van der Waals surface area contributed by atoms with E-state index in [1.165, 1.54) is 0 Å². The number of carbonyl (C=O) groups is 2. The Morgan fingerprint density at radius 2 is 2.00 bits per heavy atom.